The number of carbonyl (C=O) groups is 1. The van der Waals surface area contributed by atoms with Gasteiger partial charge in [0.05, 0.1) is 24.5 Å². The molecule has 19 heavy (non-hydrogen) atoms. The lowest BCUT2D eigenvalue weighted by molar-refractivity contribution is -0.119. The van der Waals surface area contributed by atoms with E-state index >= 15 is 0 Å². The van der Waals surface area contributed by atoms with Crippen LogP contribution in [0.25, 0.3) is 0 Å². The van der Waals surface area contributed by atoms with Gasteiger partial charge in [-0.05, 0) is 24.3 Å². The number of nitrogens with zero attached hydrogens (tertiary/aromatic N) is 1. The highest BCUT2D eigenvalue weighted by atomic mass is 19.1. The molecular weight excluding hydrogens is 245 g/mol. The van der Waals surface area contributed by atoms with E-state index in [2.05, 4.69) is 15.6 Å². The number of rotatable bonds is 5. The molecule has 1 heterocycles. The van der Waals surface area contributed by atoms with E-state index in [0.29, 0.717) is 12.2 Å². The third-order valence-corrected chi connectivity index (χ3v) is 2.51. The van der Waals surface area contributed by atoms with Crippen molar-refractivity contribution >= 4 is 11.6 Å². The molecule has 0 unspecified atom stereocenters. The minimum Gasteiger partial charge on any atom is -0.374 e. The van der Waals surface area contributed by atoms with Gasteiger partial charge >= 0.3 is 0 Å². The number of para-hydroxylation sites is 1. The van der Waals surface area contributed by atoms with Crippen molar-refractivity contribution < 1.29 is 9.18 Å². The fourth-order valence-electron chi connectivity index (χ4n) is 1.53. The number of hydrogen-bond acceptors (Lipinski definition) is 3. The van der Waals surface area contributed by atoms with Crippen molar-refractivity contribution in [2.24, 2.45) is 0 Å². The van der Waals surface area contributed by atoms with Gasteiger partial charge in [-0.1, -0.05) is 18.2 Å². The number of aromatic nitrogens is 1. The molecule has 98 valence electrons. The predicted molar refractivity (Wildman–Crippen MR) is 71.0 cm³/mol. The van der Waals surface area contributed by atoms with Crippen LogP contribution in [0.2, 0.25) is 0 Å². The molecule has 0 bridgehead atoms. The molecule has 0 saturated heterocycles. The average Bonchev–Trinajstić information content (AvgIpc) is 2.45. The molecule has 4 nitrogen and oxygen atoms in total. The van der Waals surface area contributed by atoms with E-state index in [1.54, 1.807) is 24.4 Å². The summed E-state index contributed by atoms with van der Waals surface area (Å²) in [5.41, 5.74) is 1.09. The van der Waals surface area contributed by atoms with Crippen LogP contribution >= 0.6 is 0 Å². The van der Waals surface area contributed by atoms with Crippen LogP contribution in [-0.2, 0) is 11.3 Å². The van der Waals surface area contributed by atoms with E-state index in [1.165, 1.54) is 6.07 Å². The fourth-order valence-corrected chi connectivity index (χ4v) is 1.53. The van der Waals surface area contributed by atoms with Crippen molar-refractivity contribution in [1.29, 1.82) is 0 Å². The molecule has 0 radical (unpaired) electrons. The maximum absolute atomic E-state index is 13.3. The van der Waals surface area contributed by atoms with Gasteiger partial charge in [-0.2, -0.15) is 0 Å². The summed E-state index contributed by atoms with van der Waals surface area (Å²) in [6.45, 7) is 0.381. The number of anilines is 1. The molecule has 1 aromatic carbocycles. The second kappa shape index (κ2) is 6.49. The maximum atomic E-state index is 13.3. The highest BCUT2D eigenvalue weighted by Crippen LogP contribution is 2.11. The van der Waals surface area contributed by atoms with E-state index in [4.69, 9.17) is 0 Å². The summed E-state index contributed by atoms with van der Waals surface area (Å²) in [5.74, 6) is -0.589. The van der Waals surface area contributed by atoms with Crippen molar-refractivity contribution in [1.82, 2.24) is 10.3 Å². The predicted octanol–water partition coefficient (Wildman–Crippen LogP) is 1.95. The number of halogens is 1. The molecule has 2 aromatic rings. The minimum atomic E-state index is -0.375. The zero-order chi connectivity index (χ0) is 13.5. The Morgan fingerprint density at radius 1 is 1.16 bits per heavy atom. The monoisotopic (exact) mass is 259 g/mol. The average molecular weight is 259 g/mol. The number of amides is 1. The molecule has 0 aliphatic carbocycles. The Bertz CT molecular complexity index is 545. The van der Waals surface area contributed by atoms with Crippen molar-refractivity contribution in [2.75, 3.05) is 11.9 Å². The quantitative estimate of drug-likeness (QED) is 0.863. The van der Waals surface area contributed by atoms with Crippen LogP contribution in [0.3, 0.4) is 0 Å². The molecule has 5 heteroatoms. The van der Waals surface area contributed by atoms with Gasteiger partial charge in [0, 0.05) is 6.20 Å². The Kier molecular flexibility index (Phi) is 4.44. The minimum absolute atomic E-state index is 0.0216. The first-order valence-corrected chi connectivity index (χ1v) is 5.91. The van der Waals surface area contributed by atoms with Crippen LogP contribution in [0, 0.1) is 5.82 Å². The van der Waals surface area contributed by atoms with Crippen molar-refractivity contribution in [3.8, 4) is 0 Å². The van der Waals surface area contributed by atoms with Crippen LogP contribution in [0.4, 0.5) is 10.1 Å². The Morgan fingerprint density at radius 2 is 1.95 bits per heavy atom. The zero-order valence-electron chi connectivity index (χ0n) is 10.3. The van der Waals surface area contributed by atoms with Crippen molar-refractivity contribution in [2.45, 2.75) is 6.54 Å². The van der Waals surface area contributed by atoms with E-state index in [1.807, 2.05) is 18.2 Å². The maximum Gasteiger partial charge on any atom is 0.239 e. The van der Waals surface area contributed by atoms with E-state index in [0.717, 1.165) is 5.69 Å². The lowest BCUT2D eigenvalue weighted by Crippen LogP contribution is -2.29. The van der Waals surface area contributed by atoms with Crippen LogP contribution < -0.4 is 10.6 Å². The van der Waals surface area contributed by atoms with Gasteiger partial charge in [0.25, 0.3) is 0 Å². The van der Waals surface area contributed by atoms with Crippen LogP contribution in [-0.4, -0.2) is 17.4 Å². The highest BCUT2D eigenvalue weighted by molar-refractivity contribution is 5.80. The summed E-state index contributed by atoms with van der Waals surface area (Å²) >= 11 is 0. The Morgan fingerprint density at radius 3 is 2.68 bits per heavy atom. The van der Waals surface area contributed by atoms with Gasteiger partial charge in [-0.3, -0.25) is 9.78 Å². The SMILES string of the molecule is O=C(CNc1ccccc1F)NCc1ccccn1. The molecule has 0 spiro atoms. The van der Waals surface area contributed by atoms with Gasteiger partial charge in [0.1, 0.15) is 5.82 Å². The first kappa shape index (κ1) is 13.0. The molecule has 0 aliphatic heterocycles. The van der Waals surface area contributed by atoms with Gasteiger partial charge in [0.2, 0.25) is 5.91 Å². The van der Waals surface area contributed by atoms with E-state index in [9.17, 15) is 9.18 Å². The topological polar surface area (TPSA) is 54.0 Å². The molecule has 0 atom stereocenters. The van der Waals surface area contributed by atoms with Crippen molar-refractivity contribution in [3.05, 3.63) is 60.2 Å². The normalized spacial score (nSPS) is 9.95. The highest BCUT2D eigenvalue weighted by Gasteiger charge is 2.04. The van der Waals surface area contributed by atoms with Crippen LogP contribution in [0.1, 0.15) is 5.69 Å². The lowest BCUT2D eigenvalue weighted by Gasteiger charge is -2.08. The van der Waals surface area contributed by atoms with E-state index in [-0.39, 0.29) is 18.3 Å². The summed E-state index contributed by atoms with van der Waals surface area (Å²) in [6, 6.07) is 11.7. The molecule has 1 amide bonds. The summed E-state index contributed by atoms with van der Waals surface area (Å²) in [6.07, 6.45) is 1.67. The summed E-state index contributed by atoms with van der Waals surface area (Å²) in [7, 11) is 0. The third-order valence-electron chi connectivity index (χ3n) is 2.51. The first-order chi connectivity index (χ1) is 9.25. The van der Waals surface area contributed by atoms with Gasteiger partial charge in [-0.15, -0.1) is 0 Å². The number of hydrogen-bond donors (Lipinski definition) is 2. The number of benzene rings is 1. The van der Waals surface area contributed by atoms with E-state index < -0.39 is 0 Å². The van der Waals surface area contributed by atoms with Crippen molar-refractivity contribution in [3.63, 3.8) is 0 Å². The Balaban J connectivity index is 1.78. The molecule has 0 aliphatic rings. The van der Waals surface area contributed by atoms with Gasteiger partial charge < -0.3 is 10.6 Å². The number of carbonyl (C=O) groups excluding carboxylic acids is 1. The summed E-state index contributed by atoms with van der Waals surface area (Å²) in [4.78, 5) is 15.7. The second-order valence-electron chi connectivity index (χ2n) is 3.93. The number of nitrogens with one attached hydrogen (secondary N) is 2. The van der Waals surface area contributed by atoms with Crippen LogP contribution in [0.5, 0.6) is 0 Å². The largest absolute Gasteiger partial charge is 0.374 e. The fraction of sp³-hybridized carbons (Fsp3) is 0.143. The molecule has 1 aromatic heterocycles. The van der Waals surface area contributed by atoms with Crippen LogP contribution in [0.15, 0.2) is 48.7 Å². The standard InChI is InChI=1S/C14H14FN3O/c15-12-6-1-2-7-13(12)17-10-14(19)18-9-11-5-3-4-8-16-11/h1-8,17H,9-10H2,(H,18,19). The summed E-state index contributed by atoms with van der Waals surface area (Å²) in [5, 5.41) is 5.44. The molecule has 2 N–H and O–H groups in total. The summed E-state index contributed by atoms with van der Waals surface area (Å²) < 4.78 is 13.3. The molecule has 0 fully saturated rings. The molecule has 2 rings (SSSR count). The zero-order valence-corrected chi connectivity index (χ0v) is 10.3. The third kappa shape index (κ3) is 4.06. The molecular formula is C14H14FN3O. The Labute approximate surface area is 110 Å². The number of pyridine rings is 1. The van der Waals surface area contributed by atoms with Gasteiger partial charge in [0.15, 0.2) is 0 Å². The molecule has 0 saturated carbocycles. The van der Waals surface area contributed by atoms with Gasteiger partial charge in [-0.25, -0.2) is 4.39 Å². The smallest absolute Gasteiger partial charge is 0.239 e. The second-order valence-corrected chi connectivity index (χ2v) is 3.93. The first-order valence-electron chi connectivity index (χ1n) is 5.91. The Hall–Kier alpha value is -2.43. The lowest BCUT2D eigenvalue weighted by atomic mass is 10.3.